The van der Waals surface area contributed by atoms with Gasteiger partial charge in [-0.05, 0) is 12.3 Å². The van der Waals surface area contributed by atoms with Crippen molar-refractivity contribution in [2.75, 3.05) is 6.61 Å². The SMILES string of the molecule is CC(C)CC(CO)NC(=O)c1cc([N+](=O)[O-])c[nH]c1=O. The van der Waals surface area contributed by atoms with Crippen molar-refractivity contribution in [3.8, 4) is 0 Å². The first-order chi connectivity index (χ1) is 9.35. The Hall–Kier alpha value is -2.22. The third-order valence-corrected chi connectivity index (χ3v) is 2.65. The maximum atomic E-state index is 11.9. The second-order valence-corrected chi connectivity index (χ2v) is 4.84. The number of nitrogens with one attached hydrogen (secondary N) is 2. The van der Waals surface area contributed by atoms with Gasteiger partial charge in [-0.2, -0.15) is 0 Å². The van der Waals surface area contributed by atoms with E-state index in [-0.39, 0.29) is 23.8 Å². The van der Waals surface area contributed by atoms with E-state index in [0.29, 0.717) is 6.42 Å². The summed E-state index contributed by atoms with van der Waals surface area (Å²) in [5.74, 6) is -0.495. The summed E-state index contributed by atoms with van der Waals surface area (Å²) in [6, 6.07) is 0.416. The Kier molecular flexibility index (Phi) is 5.39. The summed E-state index contributed by atoms with van der Waals surface area (Å²) < 4.78 is 0. The van der Waals surface area contributed by atoms with Crippen molar-refractivity contribution in [1.29, 1.82) is 0 Å². The predicted molar refractivity (Wildman–Crippen MR) is 71.5 cm³/mol. The lowest BCUT2D eigenvalue weighted by atomic mass is 10.0. The highest BCUT2D eigenvalue weighted by atomic mass is 16.6. The van der Waals surface area contributed by atoms with E-state index >= 15 is 0 Å². The molecule has 110 valence electrons. The Morgan fingerprint density at radius 1 is 1.55 bits per heavy atom. The van der Waals surface area contributed by atoms with Gasteiger partial charge < -0.3 is 15.4 Å². The van der Waals surface area contributed by atoms with E-state index in [1.165, 1.54) is 0 Å². The van der Waals surface area contributed by atoms with Crippen LogP contribution in [0.2, 0.25) is 0 Å². The van der Waals surface area contributed by atoms with Crippen molar-refractivity contribution in [1.82, 2.24) is 10.3 Å². The lowest BCUT2D eigenvalue weighted by Gasteiger charge is -2.17. The molecule has 0 aliphatic heterocycles. The Morgan fingerprint density at radius 3 is 2.70 bits per heavy atom. The third kappa shape index (κ3) is 4.16. The first kappa shape index (κ1) is 15.8. The number of hydrogen-bond donors (Lipinski definition) is 3. The van der Waals surface area contributed by atoms with Crippen LogP contribution in [0.5, 0.6) is 0 Å². The van der Waals surface area contributed by atoms with Crippen LogP contribution in [0.15, 0.2) is 17.1 Å². The zero-order chi connectivity index (χ0) is 15.3. The van der Waals surface area contributed by atoms with Gasteiger partial charge in [0.05, 0.1) is 23.8 Å². The molecule has 1 heterocycles. The molecular weight excluding hydrogens is 266 g/mol. The van der Waals surface area contributed by atoms with Crippen LogP contribution in [0.25, 0.3) is 0 Å². The Bertz CT molecular complexity index is 552. The van der Waals surface area contributed by atoms with E-state index in [1.807, 2.05) is 13.8 Å². The lowest BCUT2D eigenvalue weighted by molar-refractivity contribution is -0.385. The maximum absolute atomic E-state index is 11.9. The largest absolute Gasteiger partial charge is 0.394 e. The van der Waals surface area contributed by atoms with Gasteiger partial charge in [-0.3, -0.25) is 19.7 Å². The van der Waals surface area contributed by atoms with Crippen LogP contribution in [0.1, 0.15) is 30.6 Å². The molecular formula is C12H17N3O5. The zero-order valence-corrected chi connectivity index (χ0v) is 11.3. The lowest BCUT2D eigenvalue weighted by Crippen LogP contribution is -2.40. The molecule has 0 aliphatic carbocycles. The summed E-state index contributed by atoms with van der Waals surface area (Å²) in [7, 11) is 0. The fraction of sp³-hybridized carbons (Fsp3) is 0.500. The smallest absolute Gasteiger partial charge is 0.286 e. The topological polar surface area (TPSA) is 125 Å². The average molecular weight is 283 g/mol. The van der Waals surface area contributed by atoms with Gasteiger partial charge in [0.1, 0.15) is 5.56 Å². The highest BCUT2D eigenvalue weighted by molar-refractivity contribution is 5.94. The van der Waals surface area contributed by atoms with Crippen molar-refractivity contribution in [2.45, 2.75) is 26.3 Å². The fourth-order valence-electron chi connectivity index (χ4n) is 1.76. The molecule has 1 amide bonds. The van der Waals surface area contributed by atoms with E-state index < -0.39 is 22.4 Å². The highest BCUT2D eigenvalue weighted by Crippen LogP contribution is 2.09. The molecule has 0 aromatic carbocycles. The van der Waals surface area contributed by atoms with E-state index in [0.717, 1.165) is 12.3 Å². The van der Waals surface area contributed by atoms with E-state index in [9.17, 15) is 24.8 Å². The van der Waals surface area contributed by atoms with Crippen molar-refractivity contribution in [3.63, 3.8) is 0 Å². The molecule has 20 heavy (non-hydrogen) atoms. The molecule has 0 saturated carbocycles. The molecule has 1 rings (SSSR count). The van der Waals surface area contributed by atoms with Crippen LogP contribution in [0, 0.1) is 16.0 Å². The van der Waals surface area contributed by atoms with Crippen LogP contribution >= 0.6 is 0 Å². The minimum atomic E-state index is -0.741. The normalized spacial score (nSPS) is 12.2. The monoisotopic (exact) mass is 283 g/mol. The molecule has 1 unspecified atom stereocenters. The Balaban J connectivity index is 2.94. The molecule has 0 aliphatic rings. The number of aromatic nitrogens is 1. The van der Waals surface area contributed by atoms with E-state index in [2.05, 4.69) is 10.3 Å². The summed E-state index contributed by atoms with van der Waals surface area (Å²) in [4.78, 5) is 35.5. The summed E-state index contributed by atoms with van der Waals surface area (Å²) in [6.07, 6.45) is 1.46. The number of H-pyrrole nitrogens is 1. The Morgan fingerprint density at radius 2 is 2.20 bits per heavy atom. The second-order valence-electron chi connectivity index (χ2n) is 4.84. The van der Waals surface area contributed by atoms with Gasteiger partial charge in [-0.15, -0.1) is 0 Å². The number of nitro groups is 1. The first-order valence-electron chi connectivity index (χ1n) is 6.14. The number of rotatable bonds is 6. The molecule has 3 N–H and O–H groups in total. The van der Waals surface area contributed by atoms with Gasteiger partial charge >= 0.3 is 0 Å². The van der Waals surface area contributed by atoms with Crippen LogP contribution in [-0.4, -0.2) is 33.6 Å². The van der Waals surface area contributed by atoms with Crippen LogP contribution in [0.4, 0.5) is 5.69 Å². The number of amides is 1. The van der Waals surface area contributed by atoms with Gasteiger partial charge in [-0.25, -0.2) is 0 Å². The molecule has 0 fully saturated rings. The van der Waals surface area contributed by atoms with Crippen LogP contribution in [-0.2, 0) is 0 Å². The molecule has 8 heteroatoms. The number of aromatic amines is 1. The standard InChI is InChI=1S/C12H17N3O5/c1-7(2)3-8(6-16)14-12(18)10-4-9(15(19)20)5-13-11(10)17/h4-5,7-8,16H,3,6H2,1-2H3,(H,13,17)(H,14,18). The quantitative estimate of drug-likeness (QED) is 0.515. The predicted octanol–water partition coefficient (Wildman–Crippen LogP) is 0.420. The number of pyridine rings is 1. The molecule has 0 bridgehead atoms. The molecule has 0 radical (unpaired) electrons. The minimum Gasteiger partial charge on any atom is -0.394 e. The van der Waals surface area contributed by atoms with Gasteiger partial charge in [-0.1, -0.05) is 13.8 Å². The van der Waals surface area contributed by atoms with Gasteiger partial charge in [0.25, 0.3) is 17.2 Å². The fourth-order valence-corrected chi connectivity index (χ4v) is 1.76. The van der Waals surface area contributed by atoms with E-state index in [1.54, 1.807) is 0 Å². The van der Waals surface area contributed by atoms with Crippen LogP contribution < -0.4 is 10.9 Å². The van der Waals surface area contributed by atoms with Crippen molar-refractivity contribution >= 4 is 11.6 Å². The van der Waals surface area contributed by atoms with Gasteiger partial charge in [0.2, 0.25) is 0 Å². The maximum Gasteiger partial charge on any atom is 0.286 e. The number of hydrogen-bond acceptors (Lipinski definition) is 5. The first-order valence-corrected chi connectivity index (χ1v) is 6.14. The number of aliphatic hydroxyl groups is 1. The number of carbonyl (C=O) groups excluding carboxylic acids is 1. The zero-order valence-electron chi connectivity index (χ0n) is 11.3. The van der Waals surface area contributed by atoms with Gasteiger partial charge in [0, 0.05) is 6.07 Å². The molecule has 1 aromatic heterocycles. The van der Waals surface area contributed by atoms with Crippen LogP contribution in [0.3, 0.4) is 0 Å². The van der Waals surface area contributed by atoms with E-state index in [4.69, 9.17) is 0 Å². The number of aliphatic hydroxyl groups excluding tert-OH is 1. The summed E-state index contributed by atoms with van der Waals surface area (Å²) in [6.45, 7) is 3.58. The Labute approximate surface area is 115 Å². The molecule has 1 aromatic rings. The molecule has 0 spiro atoms. The second kappa shape index (κ2) is 6.80. The summed E-state index contributed by atoms with van der Waals surface area (Å²) in [5, 5.41) is 22.3. The molecule has 1 atom stereocenters. The third-order valence-electron chi connectivity index (χ3n) is 2.65. The van der Waals surface area contributed by atoms with Crippen molar-refractivity contribution in [2.24, 2.45) is 5.92 Å². The number of nitrogens with zero attached hydrogens (tertiary/aromatic N) is 1. The molecule has 0 saturated heterocycles. The summed E-state index contributed by atoms with van der Waals surface area (Å²) in [5.41, 5.74) is -1.44. The average Bonchev–Trinajstić information content (AvgIpc) is 2.37. The summed E-state index contributed by atoms with van der Waals surface area (Å²) >= 11 is 0. The van der Waals surface area contributed by atoms with Gasteiger partial charge in [0.15, 0.2) is 0 Å². The molecule has 8 nitrogen and oxygen atoms in total. The minimum absolute atomic E-state index is 0.246. The number of carbonyl (C=O) groups is 1. The highest BCUT2D eigenvalue weighted by Gasteiger charge is 2.19. The van der Waals surface area contributed by atoms with Crippen molar-refractivity contribution < 1.29 is 14.8 Å². The van der Waals surface area contributed by atoms with Crippen molar-refractivity contribution in [3.05, 3.63) is 38.3 Å².